The highest BCUT2D eigenvalue weighted by Crippen LogP contribution is 2.33. The molecule has 0 aromatic heterocycles. The van der Waals surface area contributed by atoms with Gasteiger partial charge in [-0.05, 0) is 50.9 Å². The number of benzene rings is 1. The summed E-state index contributed by atoms with van der Waals surface area (Å²) in [6.07, 6.45) is 2.52. The lowest BCUT2D eigenvalue weighted by atomic mass is 10.0. The average molecular weight is 297 g/mol. The third kappa shape index (κ3) is 3.54. The molecule has 1 unspecified atom stereocenters. The van der Waals surface area contributed by atoms with Crippen molar-refractivity contribution in [3.8, 4) is 0 Å². The zero-order valence-electron chi connectivity index (χ0n) is 10.6. The number of rotatable bonds is 3. The molecule has 0 saturated carbocycles. The summed E-state index contributed by atoms with van der Waals surface area (Å²) < 4.78 is 1.14. The molecule has 1 aromatic rings. The van der Waals surface area contributed by atoms with Crippen molar-refractivity contribution in [3.05, 3.63) is 34.3 Å². The molecule has 0 aliphatic carbocycles. The predicted octanol–water partition coefficient (Wildman–Crippen LogP) is 3.32. The molecule has 17 heavy (non-hydrogen) atoms. The second-order valence-electron chi connectivity index (χ2n) is 5.67. The van der Waals surface area contributed by atoms with E-state index in [1.54, 1.807) is 0 Å². The van der Waals surface area contributed by atoms with Crippen LogP contribution in [0.3, 0.4) is 0 Å². The molecule has 0 amide bonds. The van der Waals surface area contributed by atoms with Gasteiger partial charge in [-0.3, -0.25) is 4.90 Å². The summed E-state index contributed by atoms with van der Waals surface area (Å²) >= 11 is 3.48. The van der Waals surface area contributed by atoms with Gasteiger partial charge in [-0.25, -0.2) is 0 Å². The largest absolute Gasteiger partial charge is 0.324 e. The lowest BCUT2D eigenvalue weighted by Crippen LogP contribution is -2.45. The van der Waals surface area contributed by atoms with Gasteiger partial charge in [-0.2, -0.15) is 0 Å². The van der Waals surface area contributed by atoms with Crippen molar-refractivity contribution in [2.24, 2.45) is 5.73 Å². The smallest absolute Gasteiger partial charge is 0.0349 e. The maximum atomic E-state index is 6.13. The van der Waals surface area contributed by atoms with Crippen LogP contribution in [-0.2, 0) is 0 Å². The number of nitrogens with zero attached hydrogens (tertiary/aromatic N) is 1. The number of hydrogen-bond donors (Lipinski definition) is 1. The Morgan fingerprint density at radius 2 is 2.00 bits per heavy atom. The topological polar surface area (TPSA) is 29.3 Å². The molecular formula is C14H21BrN2. The van der Waals surface area contributed by atoms with Crippen molar-refractivity contribution >= 4 is 15.9 Å². The first-order chi connectivity index (χ1) is 7.96. The highest BCUT2D eigenvalue weighted by molar-refractivity contribution is 9.10. The third-order valence-electron chi connectivity index (χ3n) is 3.23. The van der Waals surface area contributed by atoms with E-state index in [-0.39, 0.29) is 5.54 Å². The first-order valence-corrected chi connectivity index (χ1v) is 7.03. The van der Waals surface area contributed by atoms with Gasteiger partial charge in [-0.1, -0.05) is 28.1 Å². The standard InChI is InChI=1S/C14H21BrN2/c1-14(2,16)10-17-9-3-4-13(17)11-5-7-12(15)8-6-11/h5-8,13H,3-4,9-10,16H2,1-2H3. The van der Waals surface area contributed by atoms with Gasteiger partial charge in [0, 0.05) is 22.6 Å². The molecule has 2 N–H and O–H groups in total. The second kappa shape index (κ2) is 5.09. The van der Waals surface area contributed by atoms with Crippen molar-refractivity contribution in [3.63, 3.8) is 0 Å². The van der Waals surface area contributed by atoms with E-state index in [1.165, 1.54) is 24.9 Å². The summed E-state index contributed by atoms with van der Waals surface area (Å²) in [7, 11) is 0. The SMILES string of the molecule is CC(C)(N)CN1CCCC1c1ccc(Br)cc1. The molecule has 1 saturated heterocycles. The van der Waals surface area contributed by atoms with Crippen molar-refractivity contribution in [2.75, 3.05) is 13.1 Å². The summed E-state index contributed by atoms with van der Waals surface area (Å²) in [6.45, 7) is 6.34. The van der Waals surface area contributed by atoms with Crippen molar-refractivity contribution in [1.82, 2.24) is 4.90 Å². The Hall–Kier alpha value is -0.380. The Labute approximate surface area is 112 Å². The molecule has 1 aromatic carbocycles. The fraction of sp³-hybridized carbons (Fsp3) is 0.571. The molecule has 94 valence electrons. The van der Waals surface area contributed by atoms with Crippen LogP contribution in [0.2, 0.25) is 0 Å². The highest BCUT2D eigenvalue weighted by Gasteiger charge is 2.29. The van der Waals surface area contributed by atoms with Gasteiger partial charge >= 0.3 is 0 Å². The quantitative estimate of drug-likeness (QED) is 0.927. The number of halogens is 1. The molecule has 0 radical (unpaired) electrons. The molecule has 3 heteroatoms. The molecule has 2 nitrogen and oxygen atoms in total. The van der Waals surface area contributed by atoms with Crippen LogP contribution in [-0.4, -0.2) is 23.5 Å². The Balaban J connectivity index is 2.11. The Morgan fingerprint density at radius 1 is 1.35 bits per heavy atom. The number of likely N-dealkylation sites (tertiary alicyclic amines) is 1. The summed E-state index contributed by atoms with van der Waals surface area (Å²) in [5.41, 5.74) is 7.43. The van der Waals surface area contributed by atoms with E-state index in [1.807, 2.05) is 0 Å². The minimum absolute atomic E-state index is 0.113. The van der Waals surface area contributed by atoms with Crippen LogP contribution >= 0.6 is 15.9 Å². The number of nitrogens with two attached hydrogens (primary N) is 1. The van der Waals surface area contributed by atoms with Gasteiger partial charge in [0.25, 0.3) is 0 Å². The van der Waals surface area contributed by atoms with Crippen LogP contribution in [0, 0.1) is 0 Å². The average Bonchev–Trinajstić information content (AvgIpc) is 2.64. The van der Waals surface area contributed by atoms with Crippen molar-refractivity contribution < 1.29 is 0 Å². The summed E-state index contributed by atoms with van der Waals surface area (Å²) in [5, 5.41) is 0. The monoisotopic (exact) mass is 296 g/mol. The van der Waals surface area contributed by atoms with E-state index in [0.717, 1.165) is 11.0 Å². The van der Waals surface area contributed by atoms with Gasteiger partial charge < -0.3 is 5.73 Å². The molecule has 1 heterocycles. The molecule has 0 bridgehead atoms. The molecule has 1 aliphatic rings. The van der Waals surface area contributed by atoms with Crippen LogP contribution in [0.15, 0.2) is 28.7 Å². The first kappa shape index (κ1) is 13.1. The maximum absolute atomic E-state index is 6.13. The van der Waals surface area contributed by atoms with Gasteiger partial charge in [0.15, 0.2) is 0 Å². The highest BCUT2D eigenvalue weighted by atomic mass is 79.9. The molecule has 1 atom stereocenters. The normalized spacial score (nSPS) is 22.0. The maximum Gasteiger partial charge on any atom is 0.0349 e. The van der Waals surface area contributed by atoms with Crippen LogP contribution in [0.1, 0.15) is 38.3 Å². The molecule has 1 aliphatic heterocycles. The van der Waals surface area contributed by atoms with Gasteiger partial charge in [0.2, 0.25) is 0 Å². The van der Waals surface area contributed by atoms with E-state index < -0.39 is 0 Å². The predicted molar refractivity (Wildman–Crippen MR) is 76.0 cm³/mol. The zero-order valence-corrected chi connectivity index (χ0v) is 12.2. The summed E-state index contributed by atoms with van der Waals surface area (Å²) in [6, 6.07) is 9.23. The van der Waals surface area contributed by atoms with E-state index in [9.17, 15) is 0 Å². The number of hydrogen-bond acceptors (Lipinski definition) is 2. The third-order valence-corrected chi connectivity index (χ3v) is 3.76. The second-order valence-corrected chi connectivity index (χ2v) is 6.58. The summed E-state index contributed by atoms with van der Waals surface area (Å²) in [4.78, 5) is 2.52. The van der Waals surface area contributed by atoms with Crippen LogP contribution < -0.4 is 5.73 Å². The molecule has 1 fully saturated rings. The van der Waals surface area contributed by atoms with E-state index in [0.29, 0.717) is 6.04 Å². The van der Waals surface area contributed by atoms with Crippen LogP contribution in [0.4, 0.5) is 0 Å². The lowest BCUT2D eigenvalue weighted by Gasteiger charge is -2.31. The van der Waals surface area contributed by atoms with Crippen LogP contribution in [0.25, 0.3) is 0 Å². The lowest BCUT2D eigenvalue weighted by molar-refractivity contribution is 0.211. The Bertz CT molecular complexity index is 367. The van der Waals surface area contributed by atoms with Gasteiger partial charge in [0.1, 0.15) is 0 Å². The fourth-order valence-electron chi connectivity index (χ4n) is 2.60. The molecule has 2 rings (SSSR count). The van der Waals surface area contributed by atoms with Crippen LogP contribution in [0.5, 0.6) is 0 Å². The minimum atomic E-state index is -0.113. The zero-order chi connectivity index (χ0) is 12.5. The molecular weight excluding hydrogens is 276 g/mol. The first-order valence-electron chi connectivity index (χ1n) is 6.24. The van der Waals surface area contributed by atoms with Crippen molar-refractivity contribution in [2.45, 2.75) is 38.3 Å². The fourth-order valence-corrected chi connectivity index (χ4v) is 2.87. The Morgan fingerprint density at radius 3 is 2.59 bits per heavy atom. The molecule has 0 spiro atoms. The van der Waals surface area contributed by atoms with E-state index in [2.05, 4.69) is 58.9 Å². The van der Waals surface area contributed by atoms with E-state index >= 15 is 0 Å². The van der Waals surface area contributed by atoms with Gasteiger partial charge in [0.05, 0.1) is 0 Å². The minimum Gasteiger partial charge on any atom is -0.324 e. The van der Waals surface area contributed by atoms with E-state index in [4.69, 9.17) is 5.73 Å². The summed E-state index contributed by atoms with van der Waals surface area (Å²) in [5.74, 6) is 0. The van der Waals surface area contributed by atoms with Gasteiger partial charge in [-0.15, -0.1) is 0 Å². The van der Waals surface area contributed by atoms with Crippen molar-refractivity contribution in [1.29, 1.82) is 0 Å². The Kier molecular flexibility index (Phi) is 3.91.